The Morgan fingerprint density at radius 1 is 1.10 bits per heavy atom. The predicted molar refractivity (Wildman–Crippen MR) is 80.2 cm³/mol. The molecule has 0 spiro atoms. The molecule has 0 saturated heterocycles. The van der Waals surface area contributed by atoms with Crippen molar-refractivity contribution in [3.63, 3.8) is 0 Å². The van der Waals surface area contributed by atoms with Gasteiger partial charge in [-0.15, -0.1) is 0 Å². The van der Waals surface area contributed by atoms with Crippen LogP contribution >= 0.6 is 0 Å². The Hall–Kier alpha value is -2.16. The van der Waals surface area contributed by atoms with Crippen LogP contribution in [-0.4, -0.2) is 5.91 Å². The first-order chi connectivity index (χ1) is 10.2. The van der Waals surface area contributed by atoms with Gasteiger partial charge >= 0.3 is 0 Å². The van der Waals surface area contributed by atoms with Crippen LogP contribution in [0.3, 0.4) is 0 Å². The van der Waals surface area contributed by atoms with Crippen molar-refractivity contribution in [3.8, 4) is 0 Å². The van der Waals surface area contributed by atoms with Gasteiger partial charge in [-0.25, -0.2) is 4.39 Å². The monoisotopic (exact) mass is 283 g/mol. The number of carbonyl (C=O) groups is 1. The van der Waals surface area contributed by atoms with Crippen molar-refractivity contribution >= 4 is 5.91 Å². The summed E-state index contributed by atoms with van der Waals surface area (Å²) in [6.07, 6.45) is 2.23. The highest BCUT2D eigenvalue weighted by Gasteiger charge is 2.36. The van der Waals surface area contributed by atoms with Gasteiger partial charge in [-0.1, -0.05) is 42.5 Å². The van der Waals surface area contributed by atoms with Crippen LogP contribution in [0.15, 0.2) is 54.6 Å². The lowest BCUT2D eigenvalue weighted by atomic mass is 9.93. The Labute approximate surface area is 124 Å². The van der Waals surface area contributed by atoms with Crippen LogP contribution in [0.1, 0.15) is 29.9 Å². The molecular formula is C18H18FNO. The summed E-state index contributed by atoms with van der Waals surface area (Å²) in [7, 11) is 0. The summed E-state index contributed by atoms with van der Waals surface area (Å²) in [5.41, 5.74) is 1.99. The summed E-state index contributed by atoms with van der Waals surface area (Å²) in [4.78, 5) is 12.5. The SMILES string of the molecule is O=C(NCc1ccc(F)cc1)C(c1ccccc1)C1CC1. The Morgan fingerprint density at radius 3 is 2.38 bits per heavy atom. The zero-order valence-electron chi connectivity index (χ0n) is 11.8. The number of carbonyl (C=O) groups excluding carboxylic acids is 1. The number of benzene rings is 2. The molecule has 0 bridgehead atoms. The van der Waals surface area contributed by atoms with E-state index >= 15 is 0 Å². The second kappa shape index (κ2) is 6.08. The summed E-state index contributed by atoms with van der Waals surface area (Å²) in [5.74, 6) is 0.200. The van der Waals surface area contributed by atoms with Crippen molar-refractivity contribution < 1.29 is 9.18 Å². The molecule has 0 aromatic heterocycles. The van der Waals surface area contributed by atoms with Crippen molar-refractivity contribution in [2.75, 3.05) is 0 Å². The summed E-state index contributed by atoms with van der Waals surface area (Å²) in [6, 6.07) is 16.2. The maximum atomic E-state index is 12.9. The zero-order valence-corrected chi connectivity index (χ0v) is 11.8. The molecule has 1 aliphatic carbocycles. The average molecular weight is 283 g/mol. The molecule has 1 fully saturated rings. The first-order valence-electron chi connectivity index (χ1n) is 7.31. The van der Waals surface area contributed by atoms with Crippen molar-refractivity contribution in [1.29, 1.82) is 0 Å². The quantitative estimate of drug-likeness (QED) is 0.892. The highest BCUT2D eigenvalue weighted by molar-refractivity contribution is 5.84. The van der Waals surface area contributed by atoms with E-state index in [1.807, 2.05) is 30.3 Å². The van der Waals surface area contributed by atoms with Gasteiger partial charge in [-0.05, 0) is 42.0 Å². The lowest BCUT2D eigenvalue weighted by molar-refractivity contribution is -0.123. The van der Waals surface area contributed by atoms with E-state index in [2.05, 4.69) is 5.32 Å². The van der Waals surface area contributed by atoms with Gasteiger partial charge in [-0.2, -0.15) is 0 Å². The molecule has 0 heterocycles. The van der Waals surface area contributed by atoms with E-state index in [9.17, 15) is 9.18 Å². The van der Waals surface area contributed by atoms with Crippen LogP contribution in [0.4, 0.5) is 4.39 Å². The topological polar surface area (TPSA) is 29.1 Å². The number of amides is 1. The van der Waals surface area contributed by atoms with Gasteiger partial charge in [0, 0.05) is 6.54 Å². The van der Waals surface area contributed by atoms with Crippen molar-refractivity contribution in [3.05, 3.63) is 71.5 Å². The minimum atomic E-state index is -0.259. The minimum Gasteiger partial charge on any atom is -0.351 e. The molecule has 21 heavy (non-hydrogen) atoms. The molecule has 1 unspecified atom stereocenters. The van der Waals surface area contributed by atoms with Gasteiger partial charge in [-0.3, -0.25) is 4.79 Å². The van der Waals surface area contributed by atoms with Crippen molar-refractivity contribution in [2.45, 2.75) is 25.3 Å². The Bertz CT molecular complexity index is 605. The third-order valence-electron chi connectivity index (χ3n) is 3.91. The summed E-state index contributed by atoms with van der Waals surface area (Å²) in [5, 5.41) is 2.98. The van der Waals surface area contributed by atoms with Gasteiger partial charge in [0.05, 0.1) is 5.92 Å². The first-order valence-corrected chi connectivity index (χ1v) is 7.31. The molecule has 1 atom stereocenters. The van der Waals surface area contributed by atoms with E-state index in [-0.39, 0.29) is 17.6 Å². The fraction of sp³-hybridized carbons (Fsp3) is 0.278. The molecule has 1 saturated carbocycles. The Kier molecular flexibility index (Phi) is 4.00. The molecule has 3 rings (SSSR count). The fourth-order valence-electron chi connectivity index (χ4n) is 2.63. The second-order valence-corrected chi connectivity index (χ2v) is 5.57. The molecule has 108 valence electrons. The Morgan fingerprint density at radius 2 is 1.76 bits per heavy atom. The summed E-state index contributed by atoms with van der Waals surface area (Å²) >= 11 is 0. The normalized spacial score (nSPS) is 15.5. The maximum Gasteiger partial charge on any atom is 0.228 e. The molecule has 1 amide bonds. The first kappa shape index (κ1) is 13.8. The molecule has 0 aliphatic heterocycles. The number of rotatable bonds is 5. The smallest absolute Gasteiger partial charge is 0.228 e. The van der Waals surface area contributed by atoms with Gasteiger partial charge in [0.15, 0.2) is 0 Å². The van der Waals surface area contributed by atoms with E-state index in [1.165, 1.54) is 12.1 Å². The highest BCUT2D eigenvalue weighted by atomic mass is 19.1. The lowest BCUT2D eigenvalue weighted by Crippen LogP contribution is -2.30. The largest absolute Gasteiger partial charge is 0.351 e. The third-order valence-corrected chi connectivity index (χ3v) is 3.91. The van der Waals surface area contributed by atoms with Crippen LogP contribution in [0.25, 0.3) is 0 Å². The van der Waals surface area contributed by atoms with E-state index in [4.69, 9.17) is 0 Å². The van der Waals surface area contributed by atoms with E-state index in [0.717, 1.165) is 24.0 Å². The van der Waals surface area contributed by atoms with E-state index < -0.39 is 0 Å². The van der Waals surface area contributed by atoms with Crippen LogP contribution < -0.4 is 5.32 Å². The van der Waals surface area contributed by atoms with Crippen molar-refractivity contribution in [1.82, 2.24) is 5.32 Å². The average Bonchev–Trinajstić information content (AvgIpc) is 3.33. The van der Waals surface area contributed by atoms with E-state index in [1.54, 1.807) is 12.1 Å². The molecular weight excluding hydrogens is 265 g/mol. The molecule has 2 aromatic carbocycles. The molecule has 3 heteroatoms. The van der Waals surface area contributed by atoms with Gasteiger partial charge in [0.25, 0.3) is 0 Å². The molecule has 2 aromatic rings. The van der Waals surface area contributed by atoms with Crippen molar-refractivity contribution in [2.24, 2.45) is 5.92 Å². The summed E-state index contributed by atoms with van der Waals surface area (Å²) < 4.78 is 12.9. The Balaban J connectivity index is 1.66. The number of hydrogen-bond acceptors (Lipinski definition) is 1. The van der Waals surface area contributed by atoms with Crippen LogP contribution in [0, 0.1) is 11.7 Å². The highest BCUT2D eigenvalue weighted by Crippen LogP contribution is 2.42. The van der Waals surface area contributed by atoms with Crippen LogP contribution in [0.2, 0.25) is 0 Å². The molecule has 0 radical (unpaired) electrons. The van der Waals surface area contributed by atoms with Crippen LogP contribution in [-0.2, 0) is 11.3 Å². The molecule has 1 N–H and O–H groups in total. The summed E-state index contributed by atoms with van der Waals surface area (Å²) in [6.45, 7) is 0.440. The zero-order chi connectivity index (χ0) is 14.7. The number of halogens is 1. The number of hydrogen-bond donors (Lipinski definition) is 1. The second-order valence-electron chi connectivity index (χ2n) is 5.57. The van der Waals surface area contributed by atoms with Crippen LogP contribution in [0.5, 0.6) is 0 Å². The third kappa shape index (κ3) is 3.48. The van der Waals surface area contributed by atoms with Gasteiger partial charge in [0.2, 0.25) is 5.91 Å². The molecule has 2 nitrogen and oxygen atoms in total. The maximum absolute atomic E-state index is 12.9. The number of nitrogens with one attached hydrogen (secondary N) is 1. The van der Waals surface area contributed by atoms with E-state index in [0.29, 0.717) is 12.5 Å². The molecule has 1 aliphatic rings. The van der Waals surface area contributed by atoms with Gasteiger partial charge in [0.1, 0.15) is 5.82 Å². The lowest BCUT2D eigenvalue weighted by Gasteiger charge is -2.16. The fourth-order valence-corrected chi connectivity index (χ4v) is 2.63. The standard InChI is InChI=1S/C18H18FNO/c19-16-10-6-13(7-11-16)12-20-18(21)17(15-8-9-15)14-4-2-1-3-5-14/h1-7,10-11,15,17H,8-9,12H2,(H,20,21). The van der Waals surface area contributed by atoms with Gasteiger partial charge < -0.3 is 5.32 Å². The minimum absolute atomic E-state index is 0.0630. The predicted octanol–water partition coefficient (Wildman–Crippen LogP) is 3.64.